The van der Waals surface area contributed by atoms with Crippen molar-refractivity contribution in [2.45, 2.75) is 131 Å². The largest absolute Gasteiger partial charge is 0.343 e. The number of carbonyl (C=O) groups excluding carboxylic acids is 7. The van der Waals surface area contributed by atoms with E-state index in [-0.39, 0.29) is 53.8 Å². The quantitative estimate of drug-likeness (QED) is 0.372. The maximum Gasteiger partial charge on any atom is 0.245 e. The van der Waals surface area contributed by atoms with Gasteiger partial charge in [0.2, 0.25) is 41.4 Å². The Balaban J connectivity index is 2.12. The monoisotopic (exact) mass is 746 g/mol. The van der Waals surface area contributed by atoms with Crippen LogP contribution in [0.2, 0.25) is 0 Å². The highest BCUT2D eigenvalue weighted by Crippen LogP contribution is 2.49. The molecule has 7 amide bonds. The number of hydrogen-bond donors (Lipinski definition) is 3. The minimum atomic E-state index is -1.00. The molecule has 0 aromatic rings. The number of nitrogens with one attached hydrogen (secondary N) is 3. The number of hydrogen-bond acceptors (Lipinski definition) is 7. The fourth-order valence-electron chi connectivity index (χ4n) is 7.91. The lowest BCUT2D eigenvalue weighted by Crippen LogP contribution is -2.60. The Morgan fingerprint density at radius 2 is 0.811 bits per heavy atom. The van der Waals surface area contributed by atoms with Gasteiger partial charge in [0, 0.05) is 28.2 Å². The van der Waals surface area contributed by atoms with Crippen LogP contribution in [0, 0.1) is 47.3 Å². The van der Waals surface area contributed by atoms with Crippen molar-refractivity contribution in [3.8, 4) is 0 Å². The molecule has 3 fully saturated rings. The molecule has 3 N–H and O–H groups in total. The Hall–Kier alpha value is -3.71. The molecule has 1 aliphatic heterocycles. The van der Waals surface area contributed by atoms with Crippen LogP contribution in [0.4, 0.5) is 0 Å². The highest BCUT2D eigenvalue weighted by molar-refractivity contribution is 5.98. The summed E-state index contributed by atoms with van der Waals surface area (Å²) in [5, 5.41) is 8.74. The summed E-state index contributed by atoms with van der Waals surface area (Å²) in [5.41, 5.74) is 0. The predicted molar refractivity (Wildman–Crippen MR) is 202 cm³/mol. The summed E-state index contributed by atoms with van der Waals surface area (Å²) in [6, 6.07) is -6.85. The highest BCUT2D eigenvalue weighted by atomic mass is 16.2. The van der Waals surface area contributed by atoms with Gasteiger partial charge in [-0.15, -0.1) is 0 Å². The van der Waals surface area contributed by atoms with Crippen molar-refractivity contribution in [2.24, 2.45) is 47.3 Å². The molecule has 2 aliphatic carbocycles. The third-order valence-electron chi connectivity index (χ3n) is 12.7. The Morgan fingerprint density at radius 1 is 0.453 bits per heavy atom. The Kier molecular flexibility index (Phi) is 14.2. The van der Waals surface area contributed by atoms with Crippen molar-refractivity contribution < 1.29 is 33.6 Å². The lowest BCUT2D eigenvalue weighted by Gasteiger charge is -2.36. The van der Waals surface area contributed by atoms with E-state index in [9.17, 15) is 33.6 Å². The molecule has 0 bridgehead atoms. The third kappa shape index (κ3) is 9.51. The van der Waals surface area contributed by atoms with Gasteiger partial charge in [0.15, 0.2) is 0 Å². The van der Waals surface area contributed by atoms with E-state index in [1.54, 1.807) is 20.8 Å². The van der Waals surface area contributed by atoms with Gasteiger partial charge in [-0.25, -0.2) is 0 Å². The standard InChI is InChI=1S/C39H67N7O7/c1-18(2)16-27-34(48)41-31(29-20(5)21(29)6)38(52)45(14)26(11)37(51)46(15)28(17-19(3)4)35(49)42-32(30-22(7)23(30)8)39(53)44(13)25(10)36(50)43(12)24(9)33(47)40-27/h18-32H,16-17H2,1-15H3,(H,40,47)(H,41,48)(H,42,49). The van der Waals surface area contributed by atoms with Gasteiger partial charge in [-0.05, 0) is 81.0 Å². The van der Waals surface area contributed by atoms with Crippen LogP contribution in [-0.4, -0.2) is 131 Å². The van der Waals surface area contributed by atoms with E-state index in [1.165, 1.54) is 47.8 Å². The minimum absolute atomic E-state index is 0.00128. The van der Waals surface area contributed by atoms with E-state index in [4.69, 9.17) is 0 Å². The summed E-state index contributed by atoms with van der Waals surface area (Å²) in [4.78, 5) is 103. The van der Waals surface area contributed by atoms with Gasteiger partial charge in [0.1, 0.15) is 42.3 Å². The number of rotatable bonds is 6. The van der Waals surface area contributed by atoms with Gasteiger partial charge in [0.25, 0.3) is 0 Å². The van der Waals surface area contributed by atoms with Crippen molar-refractivity contribution in [1.82, 2.24) is 35.6 Å². The molecule has 3 rings (SSSR count). The minimum Gasteiger partial charge on any atom is -0.343 e. The maximum atomic E-state index is 14.3. The zero-order valence-corrected chi connectivity index (χ0v) is 34.7. The van der Waals surface area contributed by atoms with Crippen molar-refractivity contribution in [3.63, 3.8) is 0 Å². The number of carbonyl (C=O) groups is 7. The molecular formula is C39H67N7O7. The Morgan fingerprint density at radius 3 is 1.19 bits per heavy atom. The van der Waals surface area contributed by atoms with Crippen LogP contribution in [0.3, 0.4) is 0 Å². The summed E-state index contributed by atoms with van der Waals surface area (Å²) in [6.07, 6.45) is 0.579. The van der Waals surface area contributed by atoms with E-state index < -0.39 is 83.6 Å². The third-order valence-corrected chi connectivity index (χ3v) is 12.7. The summed E-state index contributed by atoms with van der Waals surface area (Å²) < 4.78 is 0. The fourth-order valence-corrected chi connectivity index (χ4v) is 7.91. The normalized spacial score (nSPS) is 37.5. The summed E-state index contributed by atoms with van der Waals surface area (Å²) in [6.45, 7) is 20.5. The lowest BCUT2D eigenvalue weighted by molar-refractivity contribution is -0.150. The smallest absolute Gasteiger partial charge is 0.245 e. The molecule has 11 unspecified atom stereocenters. The average Bonchev–Trinajstić information content (AvgIpc) is 3.92. The van der Waals surface area contributed by atoms with Gasteiger partial charge in [0.05, 0.1) is 0 Å². The second kappa shape index (κ2) is 17.2. The first-order valence-electron chi connectivity index (χ1n) is 19.4. The van der Waals surface area contributed by atoms with E-state index in [2.05, 4.69) is 16.0 Å². The average molecular weight is 746 g/mol. The Labute approximate surface area is 316 Å². The molecular weight excluding hydrogens is 678 g/mol. The molecule has 11 atom stereocenters. The van der Waals surface area contributed by atoms with Crippen molar-refractivity contribution in [2.75, 3.05) is 28.2 Å². The topological polar surface area (TPSA) is 169 Å². The SMILES string of the molecule is CC(C)CC1NC(=O)C(C)N(C)C(=O)C(C)N(C)C(=O)C(C2C(C)C2C)NC(=O)C(CC(C)C)N(C)C(=O)C(C)N(C)C(=O)C(C2C(C)C2C)NC1=O. The van der Waals surface area contributed by atoms with Crippen LogP contribution in [0.1, 0.15) is 89.0 Å². The second-order valence-corrected chi connectivity index (χ2v) is 17.2. The molecule has 3 aliphatic rings. The van der Waals surface area contributed by atoms with E-state index in [0.29, 0.717) is 6.42 Å². The number of likely N-dealkylation sites (N-methyl/N-ethyl adjacent to an activating group) is 4. The van der Waals surface area contributed by atoms with Crippen LogP contribution in [0.25, 0.3) is 0 Å². The van der Waals surface area contributed by atoms with Gasteiger partial charge >= 0.3 is 0 Å². The molecule has 1 heterocycles. The van der Waals surface area contributed by atoms with E-state index >= 15 is 0 Å². The van der Waals surface area contributed by atoms with E-state index in [1.807, 2.05) is 55.4 Å². The zero-order valence-electron chi connectivity index (χ0n) is 34.7. The molecule has 0 radical (unpaired) electrons. The molecule has 14 heteroatoms. The summed E-state index contributed by atoms with van der Waals surface area (Å²) >= 11 is 0. The van der Waals surface area contributed by atoms with Crippen molar-refractivity contribution in [3.05, 3.63) is 0 Å². The van der Waals surface area contributed by atoms with Gasteiger partial charge in [-0.2, -0.15) is 0 Å². The second-order valence-electron chi connectivity index (χ2n) is 17.2. The first-order chi connectivity index (χ1) is 24.5. The summed E-state index contributed by atoms with van der Waals surface area (Å²) in [5.74, 6) is -3.30. The van der Waals surface area contributed by atoms with Crippen LogP contribution in [-0.2, 0) is 33.6 Å². The molecule has 14 nitrogen and oxygen atoms in total. The molecule has 1 saturated heterocycles. The highest BCUT2D eigenvalue weighted by Gasteiger charge is 2.54. The summed E-state index contributed by atoms with van der Waals surface area (Å²) in [7, 11) is 6.04. The van der Waals surface area contributed by atoms with Crippen LogP contribution >= 0.6 is 0 Å². The van der Waals surface area contributed by atoms with Crippen molar-refractivity contribution in [1.29, 1.82) is 0 Å². The fraction of sp³-hybridized carbons (Fsp3) is 0.821. The number of nitrogens with zero attached hydrogens (tertiary/aromatic N) is 4. The molecule has 0 aromatic carbocycles. The lowest BCUT2D eigenvalue weighted by atomic mass is 9.99. The predicted octanol–water partition coefficient (Wildman–Crippen LogP) is 1.72. The van der Waals surface area contributed by atoms with Crippen LogP contribution in [0.15, 0.2) is 0 Å². The Bertz CT molecular complexity index is 1400. The maximum absolute atomic E-state index is 14.3. The first kappa shape index (κ1) is 43.7. The molecule has 53 heavy (non-hydrogen) atoms. The van der Waals surface area contributed by atoms with Gasteiger partial charge < -0.3 is 35.6 Å². The molecule has 0 aromatic heterocycles. The van der Waals surface area contributed by atoms with Crippen molar-refractivity contribution >= 4 is 41.4 Å². The molecule has 300 valence electrons. The van der Waals surface area contributed by atoms with E-state index in [0.717, 1.165) is 0 Å². The van der Waals surface area contributed by atoms with Crippen LogP contribution in [0.5, 0.6) is 0 Å². The van der Waals surface area contributed by atoms with Gasteiger partial charge in [-0.3, -0.25) is 33.6 Å². The molecule has 0 spiro atoms. The number of amides is 7. The van der Waals surface area contributed by atoms with Crippen LogP contribution < -0.4 is 16.0 Å². The van der Waals surface area contributed by atoms with Gasteiger partial charge in [-0.1, -0.05) is 55.4 Å². The first-order valence-corrected chi connectivity index (χ1v) is 19.4. The molecule has 2 saturated carbocycles. The zero-order chi connectivity index (χ0) is 40.5.